The number of hydrogen-bond acceptors (Lipinski definition) is 5. The molecule has 0 saturated heterocycles. The summed E-state index contributed by atoms with van der Waals surface area (Å²) in [4.78, 5) is 4.35. The lowest BCUT2D eigenvalue weighted by atomic mass is 10.1. The maximum absolute atomic E-state index is 5.37. The number of ether oxygens (including phenoxy) is 2. The second-order valence-corrected chi connectivity index (χ2v) is 5.10. The van der Waals surface area contributed by atoms with Crippen molar-refractivity contribution in [2.75, 3.05) is 19.5 Å². The largest absolute Gasteiger partial charge is 0.493 e. The molecule has 6 heteroatoms. The minimum Gasteiger partial charge on any atom is -0.493 e. The minimum atomic E-state index is 0.669. The first-order chi connectivity index (χ1) is 11.1. The van der Waals surface area contributed by atoms with Gasteiger partial charge < -0.3 is 14.8 Å². The first kappa shape index (κ1) is 14.9. The third-order valence-electron chi connectivity index (χ3n) is 3.38. The molecule has 0 spiro atoms. The van der Waals surface area contributed by atoms with E-state index >= 15 is 0 Å². The highest BCUT2D eigenvalue weighted by Gasteiger charge is 2.11. The van der Waals surface area contributed by atoms with Crippen LogP contribution in [0.5, 0.6) is 11.5 Å². The van der Waals surface area contributed by atoms with Crippen molar-refractivity contribution in [2.45, 2.75) is 6.92 Å². The molecule has 1 N–H and O–H groups in total. The van der Waals surface area contributed by atoms with Gasteiger partial charge in [-0.25, -0.2) is 9.50 Å². The Labute approximate surface area is 134 Å². The molecule has 0 saturated carbocycles. The van der Waals surface area contributed by atoms with E-state index in [9.17, 15) is 0 Å². The maximum atomic E-state index is 5.37. The Morgan fingerprint density at radius 3 is 2.61 bits per heavy atom. The molecule has 23 heavy (non-hydrogen) atoms. The summed E-state index contributed by atoms with van der Waals surface area (Å²) in [5.41, 5.74) is 3.44. The van der Waals surface area contributed by atoms with Crippen molar-refractivity contribution >= 4 is 11.5 Å². The third-order valence-corrected chi connectivity index (χ3v) is 3.38. The highest BCUT2D eigenvalue weighted by atomic mass is 16.5. The van der Waals surface area contributed by atoms with Crippen molar-refractivity contribution in [1.29, 1.82) is 0 Å². The van der Waals surface area contributed by atoms with Crippen LogP contribution in [-0.4, -0.2) is 28.8 Å². The topological polar surface area (TPSA) is 60.7 Å². The van der Waals surface area contributed by atoms with Crippen molar-refractivity contribution in [3.05, 3.63) is 48.8 Å². The van der Waals surface area contributed by atoms with Crippen molar-refractivity contribution < 1.29 is 9.47 Å². The number of nitrogens with one attached hydrogen (secondary N) is 1. The van der Waals surface area contributed by atoms with Crippen LogP contribution in [0, 0.1) is 0 Å². The molecule has 118 valence electrons. The van der Waals surface area contributed by atoms with Crippen molar-refractivity contribution in [3.63, 3.8) is 0 Å². The molecule has 3 aromatic rings. The summed E-state index contributed by atoms with van der Waals surface area (Å²) in [7, 11) is 3.23. The molecule has 0 aliphatic rings. The van der Waals surface area contributed by atoms with E-state index in [1.54, 1.807) is 24.9 Å². The maximum Gasteiger partial charge on any atom is 0.161 e. The Morgan fingerprint density at radius 2 is 1.91 bits per heavy atom. The van der Waals surface area contributed by atoms with Gasteiger partial charge in [-0.3, -0.25) is 0 Å². The van der Waals surface area contributed by atoms with Gasteiger partial charge in [0.1, 0.15) is 0 Å². The zero-order valence-electron chi connectivity index (χ0n) is 13.3. The first-order valence-corrected chi connectivity index (χ1v) is 7.12. The fraction of sp³-hybridized carbons (Fsp3) is 0.176. The Bertz CT molecular complexity index is 870. The summed E-state index contributed by atoms with van der Waals surface area (Å²) in [5, 5.41) is 7.64. The van der Waals surface area contributed by atoms with Crippen LogP contribution in [0.1, 0.15) is 6.92 Å². The number of allylic oxidation sites excluding steroid dienone is 1. The number of aromatic nitrogens is 3. The molecule has 1 aromatic carbocycles. The molecule has 0 amide bonds. The molecule has 0 fully saturated rings. The number of hydrogen-bond donors (Lipinski definition) is 1. The van der Waals surface area contributed by atoms with Crippen molar-refractivity contribution in [2.24, 2.45) is 0 Å². The molecule has 2 heterocycles. The fourth-order valence-corrected chi connectivity index (χ4v) is 2.39. The van der Waals surface area contributed by atoms with E-state index in [2.05, 4.69) is 22.0 Å². The lowest BCUT2D eigenvalue weighted by Crippen LogP contribution is -1.98. The zero-order chi connectivity index (χ0) is 16.4. The van der Waals surface area contributed by atoms with Gasteiger partial charge in [0.05, 0.1) is 19.9 Å². The number of benzene rings is 1. The van der Waals surface area contributed by atoms with Crippen LogP contribution >= 0.6 is 0 Å². The third kappa shape index (κ3) is 2.83. The molecule has 0 aliphatic heterocycles. The van der Waals surface area contributed by atoms with E-state index in [4.69, 9.17) is 9.47 Å². The van der Waals surface area contributed by atoms with E-state index in [0.29, 0.717) is 17.3 Å². The highest BCUT2D eigenvalue weighted by Crippen LogP contribution is 2.32. The Morgan fingerprint density at radius 1 is 1.13 bits per heavy atom. The van der Waals surface area contributed by atoms with Gasteiger partial charge in [0.25, 0.3) is 0 Å². The molecule has 0 unspecified atom stereocenters. The second-order valence-electron chi connectivity index (χ2n) is 5.10. The van der Waals surface area contributed by atoms with Gasteiger partial charge in [-0.1, -0.05) is 6.58 Å². The summed E-state index contributed by atoms with van der Waals surface area (Å²) in [6.07, 6.45) is 1.76. The van der Waals surface area contributed by atoms with Gasteiger partial charge in [-0.05, 0) is 31.2 Å². The average Bonchev–Trinajstić information content (AvgIpc) is 2.95. The summed E-state index contributed by atoms with van der Waals surface area (Å²) < 4.78 is 12.4. The summed E-state index contributed by atoms with van der Waals surface area (Å²) in [5.74, 6) is 2.06. The standard InChI is InChI=1S/C17H18N4O2/c1-11(2)19-16-10-17-18-8-7-13(21(17)20-16)12-5-6-14(22-3)15(9-12)23-4/h5-10H,1H2,2-4H3,(H,19,20). The van der Waals surface area contributed by atoms with Gasteiger partial charge in [0.15, 0.2) is 23.0 Å². The van der Waals surface area contributed by atoms with Gasteiger partial charge in [0, 0.05) is 23.5 Å². The first-order valence-electron chi connectivity index (χ1n) is 7.12. The Kier molecular flexibility index (Phi) is 3.89. The van der Waals surface area contributed by atoms with E-state index in [1.165, 1.54) is 0 Å². The molecule has 0 atom stereocenters. The number of methoxy groups -OCH3 is 2. The lowest BCUT2D eigenvalue weighted by molar-refractivity contribution is 0.355. The van der Waals surface area contributed by atoms with Gasteiger partial charge in [0.2, 0.25) is 0 Å². The minimum absolute atomic E-state index is 0.669. The zero-order valence-corrected chi connectivity index (χ0v) is 13.3. The van der Waals surface area contributed by atoms with Gasteiger partial charge >= 0.3 is 0 Å². The monoisotopic (exact) mass is 310 g/mol. The molecule has 0 aliphatic carbocycles. The summed E-state index contributed by atoms with van der Waals surface area (Å²) >= 11 is 0. The fourth-order valence-electron chi connectivity index (χ4n) is 2.39. The van der Waals surface area contributed by atoms with E-state index < -0.39 is 0 Å². The normalized spacial score (nSPS) is 10.6. The molecule has 3 rings (SSSR count). The van der Waals surface area contributed by atoms with Crippen molar-refractivity contribution in [3.8, 4) is 22.8 Å². The van der Waals surface area contributed by atoms with Crippen molar-refractivity contribution in [1.82, 2.24) is 14.6 Å². The quantitative estimate of drug-likeness (QED) is 0.783. The number of fused-ring (bicyclic) bond motifs is 1. The Hall–Kier alpha value is -3.02. The Balaban J connectivity index is 2.12. The molecular weight excluding hydrogens is 292 g/mol. The van der Waals surface area contributed by atoms with Crippen LogP contribution < -0.4 is 14.8 Å². The highest BCUT2D eigenvalue weighted by molar-refractivity contribution is 5.67. The van der Waals surface area contributed by atoms with Crippen LogP contribution in [0.3, 0.4) is 0 Å². The number of rotatable bonds is 5. The molecule has 0 radical (unpaired) electrons. The molecule has 6 nitrogen and oxygen atoms in total. The van der Waals surface area contributed by atoms with Crippen LogP contribution in [0.25, 0.3) is 16.9 Å². The number of anilines is 1. The van der Waals surface area contributed by atoms with Gasteiger partial charge in [-0.2, -0.15) is 0 Å². The number of nitrogens with zero attached hydrogens (tertiary/aromatic N) is 3. The average molecular weight is 310 g/mol. The van der Waals surface area contributed by atoms with E-state index in [-0.39, 0.29) is 0 Å². The predicted molar refractivity (Wildman–Crippen MR) is 90.0 cm³/mol. The van der Waals surface area contributed by atoms with Crippen LogP contribution in [-0.2, 0) is 0 Å². The smallest absolute Gasteiger partial charge is 0.161 e. The molecular formula is C17H18N4O2. The summed E-state index contributed by atoms with van der Waals surface area (Å²) in [6, 6.07) is 9.53. The molecule has 2 aromatic heterocycles. The van der Waals surface area contributed by atoms with Crippen LogP contribution in [0.2, 0.25) is 0 Å². The second kappa shape index (κ2) is 6.00. The lowest BCUT2D eigenvalue weighted by Gasteiger charge is -2.10. The van der Waals surface area contributed by atoms with Gasteiger partial charge in [-0.15, -0.1) is 5.10 Å². The van der Waals surface area contributed by atoms with Crippen LogP contribution in [0.15, 0.2) is 48.8 Å². The van der Waals surface area contributed by atoms with E-state index in [1.807, 2.05) is 37.3 Å². The molecule has 0 bridgehead atoms. The van der Waals surface area contributed by atoms with E-state index in [0.717, 1.165) is 22.6 Å². The van der Waals surface area contributed by atoms with Crippen LogP contribution in [0.4, 0.5) is 5.82 Å². The predicted octanol–water partition coefficient (Wildman–Crippen LogP) is 3.36. The summed E-state index contributed by atoms with van der Waals surface area (Å²) in [6.45, 7) is 5.71. The SMILES string of the molecule is C=C(C)Nc1cc2nccc(-c3ccc(OC)c(OC)c3)n2n1.